The first-order valence-corrected chi connectivity index (χ1v) is 7.89. The number of hydrogen-bond acceptors (Lipinski definition) is 0. The first-order valence-electron chi connectivity index (χ1n) is 7.89. The van der Waals surface area contributed by atoms with Gasteiger partial charge in [-0.1, -0.05) is 18.6 Å². The highest BCUT2D eigenvalue weighted by Gasteiger charge is 2.21. The van der Waals surface area contributed by atoms with Crippen LogP contribution in [0.2, 0.25) is 0 Å². The molecule has 122 valence electrons. The molecule has 0 spiro atoms. The van der Waals surface area contributed by atoms with Crippen LogP contribution < -0.4 is 0 Å². The molecule has 0 N–H and O–H groups in total. The Kier molecular flexibility index (Phi) is 4.42. The first-order chi connectivity index (χ1) is 11.0. The van der Waals surface area contributed by atoms with E-state index in [1.807, 2.05) is 0 Å². The Hall–Kier alpha value is -1.84. The van der Waals surface area contributed by atoms with Gasteiger partial charge in [0.1, 0.15) is 5.83 Å². The Morgan fingerprint density at radius 2 is 1.57 bits per heavy atom. The molecule has 0 nitrogen and oxygen atoms in total. The molecule has 2 aliphatic carbocycles. The van der Waals surface area contributed by atoms with Gasteiger partial charge >= 0.3 is 0 Å². The van der Waals surface area contributed by atoms with Gasteiger partial charge in [0.25, 0.3) is 0 Å². The van der Waals surface area contributed by atoms with Gasteiger partial charge in [0.15, 0.2) is 17.5 Å². The minimum atomic E-state index is -1.53. The minimum absolute atomic E-state index is 0.0245. The van der Waals surface area contributed by atoms with Crippen LogP contribution in [0.5, 0.6) is 0 Å². The monoisotopic (exact) mass is 322 g/mol. The molecule has 23 heavy (non-hydrogen) atoms. The fraction of sp³-hybridized carbons (Fsp3) is 0.368. The molecule has 1 saturated carbocycles. The molecule has 0 unspecified atom stereocenters. The molecule has 0 aromatic heterocycles. The van der Waals surface area contributed by atoms with Crippen molar-refractivity contribution in [3.8, 4) is 0 Å². The summed E-state index contributed by atoms with van der Waals surface area (Å²) in [5, 5.41) is 0. The quantitative estimate of drug-likeness (QED) is 0.423. The molecule has 0 amide bonds. The van der Waals surface area contributed by atoms with Gasteiger partial charge in [0.2, 0.25) is 0 Å². The molecule has 1 fully saturated rings. The van der Waals surface area contributed by atoms with Crippen LogP contribution in [0.4, 0.5) is 17.6 Å². The minimum Gasteiger partial charge on any atom is -0.206 e. The molecule has 1 aromatic carbocycles. The van der Waals surface area contributed by atoms with Crippen molar-refractivity contribution in [1.29, 1.82) is 0 Å². The van der Waals surface area contributed by atoms with Gasteiger partial charge in [-0.15, -0.1) is 0 Å². The normalized spacial score (nSPS) is 22.0. The number of benzene rings is 1. The lowest BCUT2D eigenvalue weighted by molar-refractivity contribution is 0.441. The molecular weight excluding hydrogens is 304 g/mol. The van der Waals surface area contributed by atoms with E-state index in [2.05, 4.69) is 6.92 Å². The van der Waals surface area contributed by atoms with Gasteiger partial charge in [-0.05, 0) is 67.4 Å². The van der Waals surface area contributed by atoms with Gasteiger partial charge in [0, 0.05) is 5.57 Å². The van der Waals surface area contributed by atoms with Crippen molar-refractivity contribution in [3.63, 3.8) is 0 Å². The summed E-state index contributed by atoms with van der Waals surface area (Å²) in [5.74, 6) is -3.97. The van der Waals surface area contributed by atoms with E-state index in [1.165, 1.54) is 11.6 Å². The van der Waals surface area contributed by atoms with Crippen molar-refractivity contribution in [2.75, 3.05) is 0 Å². The van der Waals surface area contributed by atoms with Crippen LogP contribution in [0.3, 0.4) is 0 Å². The third kappa shape index (κ3) is 3.26. The lowest BCUT2D eigenvalue weighted by atomic mass is 9.82. The van der Waals surface area contributed by atoms with E-state index in [9.17, 15) is 17.6 Å². The molecule has 0 bridgehead atoms. The van der Waals surface area contributed by atoms with Crippen molar-refractivity contribution in [2.24, 2.45) is 5.92 Å². The average molecular weight is 322 g/mol. The Morgan fingerprint density at radius 1 is 0.957 bits per heavy atom. The molecule has 0 aliphatic heterocycles. The third-order valence-electron chi connectivity index (χ3n) is 4.71. The first kappa shape index (κ1) is 16.0. The lowest BCUT2D eigenvalue weighted by Gasteiger charge is -2.24. The van der Waals surface area contributed by atoms with Crippen molar-refractivity contribution < 1.29 is 17.6 Å². The highest BCUT2D eigenvalue weighted by molar-refractivity contribution is 5.79. The van der Waals surface area contributed by atoms with Crippen LogP contribution in [0, 0.1) is 23.4 Å². The highest BCUT2D eigenvalue weighted by Crippen LogP contribution is 2.37. The summed E-state index contributed by atoms with van der Waals surface area (Å²) in [7, 11) is 0. The third-order valence-corrected chi connectivity index (χ3v) is 4.71. The molecule has 0 saturated heterocycles. The number of allylic oxidation sites excluding steroid dienone is 6. The predicted molar refractivity (Wildman–Crippen MR) is 82.8 cm³/mol. The van der Waals surface area contributed by atoms with E-state index in [0.717, 1.165) is 43.4 Å². The van der Waals surface area contributed by atoms with Gasteiger partial charge in [0.05, 0.1) is 0 Å². The van der Waals surface area contributed by atoms with E-state index >= 15 is 0 Å². The molecular formula is C19H18F4. The van der Waals surface area contributed by atoms with Crippen LogP contribution in [-0.4, -0.2) is 0 Å². The van der Waals surface area contributed by atoms with Crippen LogP contribution >= 0.6 is 0 Å². The van der Waals surface area contributed by atoms with Crippen molar-refractivity contribution in [1.82, 2.24) is 0 Å². The Labute approximate surface area is 133 Å². The number of halogens is 4. The fourth-order valence-corrected chi connectivity index (χ4v) is 3.24. The SMILES string of the molecule is CC1CCC(=C2C=C(F)C(c3cc(F)c(F)c(F)c3)=CC2)CC1. The van der Waals surface area contributed by atoms with Gasteiger partial charge in [-0.3, -0.25) is 0 Å². The standard InChI is InChI=1S/C19H18F4/c1-11-2-4-12(5-3-11)13-6-7-15(16(20)8-13)14-9-17(21)19(23)18(22)10-14/h7-11H,2-6H2,1H3. The van der Waals surface area contributed by atoms with Gasteiger partial charge < -0.3 is 0 Å². The van der Waals surface area contributed by atoms with Crippen molar-refractivity contribution in [2.45, 2.75) is 39.0 Å². The predicted octanol–water partition coefficient (Wildman–Crippen LogP) is 6.25. The van der Waals surface area contributed by atoms with E-state index in [1.54, 1.807) is 6.08 Å². The second kappa shape index (κ2) is 6.34. The lowest BCUT2D eigenvalue weighted by Crippen LogP contribution is -2.07. The maximum absolute atomic E-state index is 14.4. The van der Waals surface area contributed by atoms with Crippen LogP contribution in [0.15, 0.2) is 41.3 Å². The zero-order valence-corrected chi connectivity index (χ0v) is 12.9. The molecule has 0 atom stereocenters. The Bertz CT molecular complexity index is 692. The van der Waals surface area contributed by atoms with E-state index in [0.29, 0.717) is 12.3 Å². The smallest absolute Gasteiger partial charge is 0.194 e. The summed E-state index contributed by atoms with van der Waals surface area (Å²) in [4.78, 5) is 0. The summed E-state index contributed by atoms with van der Waals surface area (Å²) in [6, 6.07) is 1.66. The summed E-state index contributed by atoms with van der Waals surface area (Å²) in [6.45, 7) is 2.22. The summed E-state index contributed by atoms with van der Waals surface area (Å²) < 4.78 is 54.1. The molecule has 3 rings (SSSR count). The number of hydrogen-bond donors (Lipinski definition) is 0. The average Bonchev–Trinajstić information content (AvgIpc) is 2.53. The van der Waals surface area contributed by atoms with Gasteiger partial charge in [-0.25, -0.2) is 17.6 Å². The summed E-state index contributed by atoms with van der Waals surface area (Å²) in [6.07, 6.45) is 7.79. The largest absolute Gasteiger partial charge is 0.206 e. The van der Waals surface area contributed by atoms with Crippen molar-refractivity contribution in [3.05, 3.63) is 64.3 Å². The highest BCUT2D eigenvalue weighted by atomic mass is 19.2. The Morgan fingerprint density at radius 3 is 2.13 bits per heavy atom. The van der Waals surface area contributed by atoms with Crippen molar-refractivity contribution >= 4 is 5.57 Å². The zero-order valence-electron chi connectivity index (χ0n) is 12.9. The summed E-state index contributed by atoms with van der Waals surface area (Å²) >= 11 is 0. The Balaban J connectivity index is 1.88. The van der Waals surface area contributed by atoms with E-state index in [-0.39, 0.29) is 11.1 Å². The van der Waals surface area contributed by atoms with E-state index < -0.39 is 23.3 Å². The maximum atomic E-state index is 14.4. The van der Waals surface area contributed by atoms with Crippen LogP contribution in [-0.2, 0) is 0 Å². The van der Waals surface area contributed by atoms with Crippen LogP contribution in [0.25, 0.3) is 5.57 Å². The molecule has 0 radical (unpaired) electrons. The zero-order chi connectivity index (χ0) is 16.6. The second-order valence-electron chi connectivity index (χ2n) is 6.38. The molecule has 0 heterocycles. The maximum Gasteiger partial charge on any atom is 0.194 e. The van der Waals surface area contributed by atoms with Gasteiger partial charge in [-0.2, -0.15) is 0 Å². The topological polar surface area (TPSA) is 0 Å². The molecule has 4 heteroatoms. The molecule has 1 aromatic rings. The summed E-state index contributed by atoms with van der Waals surface area (Å²) in [5.41, 5.74) is 2.37. The molecule has 2 aliphatic rings. The van der Waals surface area contributed by atoms with E-state index in [4.69, 9.17) is 0 Å². The second-order valence-corrected chi connectivity index (χ2v) is 6.38. The number of rotatable bonds is 1. The fourth-order valence-electron chi connectivity index (χ4n) is 3.24. The van der Waals surface area contributed by atoms with Crippen LogP contribution in [0.1, 0.15) is 44.6 Å².